The van der Waals surface area contributed by atoms with Crippen molar-refractivity contribution in [3.63, 3.8) is 0 Å². The van der Waals surface area contributed by atoms with Crippen LogP contribution in [0.1, 0.15) is 16.3 Å². The molecule has 1 aromatic heterocycles. The van der Waals surface area contributed by atoms with Crippen molar-refractivity contribution in [2.75, 3.05) is 0 Å². The van der Waals surface area contributed by atoms with Gasteiger partial charge in [-0.3, -0.25) is 0 Å². The van der Waals surface area contributed by atoms with Crippen LogP contribution in [0.3, 0.4) is 0 Å². The van der Waals surface area contributed by atoms with Gasteiger partial charge in [0.1, 0.15) is 0 Å². The zero-order valence-corrected chi connectivity index (χ0v) is 12.1. The normalized spacial score (nSPS) is 12.6. The van der Waals surface area contributed by atoms with Crippen molar-refractivity contribution >= 4 is 27.3 Å². The summed E-state index contributed by atoms with van der Waals surface area (Å²) in [5.74, 6) is 0. The van der Waals surface area contributed by atoms with E-state index in [0.717, 1.165) is 28.0 Å². The van der Waals surface area contributed by atoms with E-state index in [1.807, 2.05) is 19.1 Å². The molecule has 0 spiro atoms. The topological polar surface area (TPSA) is 38.9 Å². The zero-order valence-electron chi connectivity index (χ0n) is 9.69. The number of hydrogen-bond donors (Lipinski definition) is 1. The van der Waals surface area contributed by atoms with Gasteiger partial charge in [0.2, 0.25) is 0 Å². The lowest BCUT2D eigenvalue weighted by molar-refractivity contribution is 0.661. The predicted molar refractivity (Wildman–Crippen MR) is 76.4 cm³/mol. The number of aryl methyl sites for hydroxylation is 1. The Morgan fingerprint density at radius 3 is 2.88 bits per heavy atom. The summed E-state index contributed by atoms with van der Waals surface area (Å²) in [6.07, 6.45) is 1.74. The quantitative estimate of drug-likeness (QED) is 0.940. The molecule has 4 heteroatoms. The lowest BCUT2D eigenvalue weighted by Gasteiger charge is -2.10. The third-order valence-electron chi connectivity index (χ3n) is 2.49. The van der Waals surface area contributed by atoms with Gasteiger partial charge in [-0.1, -0.05) is 28.1 Å². The number of halogens is 1. The molecule has 1 unspecified atom stereocenters. The fourth-order valence-corrected chi connectivity index (χ4v) is 3.07. The number of nitrogens with two attached hydrogens (primary N) is 1. The number of benzene rings is 1. The van der Waals surface area contributed by atoms with Gasteiger partial charge in [0.05, 0.1) is 5.01 Å². The molecule has 1 heterocycles. The molecular weight excluding hydrogens is 296 g/mol. The first kappa shape index (κ1) is 12.7. The van der Waals surface area contributed by atoms with Crippen LogP contribution in [0.25, 0.3) is 0 Å². The molecule has 0 aliphatic heterocycles. The molecule has 0 amide bonds. The van der Waals surface area contributed by atoms with E-state index in [4.69, 9.17) is 5.73 Å². The Kier molecular flexibility index (Phi) is 4.31. The smallest absolute Gasteiger partial charge is 0.0943 e. The summed E-state index contributed by atoms with van der Waals surface area (Å²) < 4.78 is 1.10. The molecule has 0 bridgehead atoms. The van der Waals surface area contributed by atoms with Crippen LogP contribution in [-0.4, -0.2) is 11.0 Å². The Bertz CT molecular complexity index is 496. The average Bonchev–Trinajstić information content (AvgIpc) is 2.63. The van der Waals surface area contributed by atoms with Crippen LogP contribution in [0.2, 0.25) is 0 Å². The maximum absolute atomic E-state index is 6.15. The van der Waals surface area contributed by atoms with Crippen LogP contribution in [0.4, 0.5) is 0 Å². The van der Waals surface area contributed by atoms with Crippen LogP contribution in [0, 0.1) is 6.92 Å². The fraction of sp³-hybridized carbons (Fsp3) is 0.308. The van der Waals surface area contributed by atoms with Gasteiger partial charge in [-0.15, -0.1) is 11.3 Å². The molecule has 2 aromatic rings. The Balaban J connectivity index is 1.95. The summed E-state index contributed by atoms with van der Waals surface area (Å²) >= 11 is 5.16. The third-order valence-corrected chi connectivity index (χ3v) is 3.97. The predicted octanol–water partition coefficient (Wildman–Crippen LogP) is 3.33. The van der Waals surface area contributed by atoms with Gasteiger partial charge in [0, 0.05) is 28.0 Å². The largest absolute Gasteiger partial charge is 0.327 e. The van der Waals surface area contributed by atoms with E-state index in [0.29, 0.717) is 0 Å². The van der Waals surface area contributed by atoms with Crippen molar-refractivity contribution in [2.24, 2.45) is 5.73 Å². The van der Waals surface area contributed by atoms with Crippen molar-refractivity contribution in [1.29, 1.82) is 0 Å². The van der Waals surface area contributed by atoms with Gasteiger partial charge in [-0.25, -0.2) is 4.98 Å². The van der Waals surface area contributed by atoms with Crippen molar-refractivity contribution < 1.29 is 0 Å². The Labute approximate surface area is 114 Å². The molecular formula is C13H15BrN2S. The summed E-state index contributed by atoms with van der Waals surface area (Å²) in [6.45, 7) is 2.01. The lowest BCUT2D eigenvalue weighted by Crippen LogP contribution is -2.25. The molecule has 90 valence electrons. The highest BCUT2D eigenvalue weighted by Gasteiger charge is 2.08. The standard InChI is InChI=1S/C13H15BrN2S/c1-9-8-17-13(16-9)7-12(15)6-10-3-2-4-11(14)5-10/h2-5,8,12H,6-7,15H2,1H3. The fourth-order valence-electron chi connectivity index (χ4n) is 1.76. The van der Waals surface area contributed by atoms with Gasteiger partial charge < -0.3 is 5.73 Å². The molecule has 2 nitrogen and oxygen atoms in total. The van der Waals surface area contributed by atoms with Crippen molar-refractivity contribution in [2.45, 2.75) is 25.8 Å². The molecule has 1 atom stereocenters. The second-order valence-corrected chi connectivity index (χ2v) is 6.04. The molecule has 0 radical (unpaired) electrons. The highest BCUT2D eigenvalue weighted by molar-refractivity contribution is 9.10. The molecule has 0 saturated carbocycles. The Hall–Kier alpha value is -0.710. The summed E-state index contributed by atoms with van der Waals surface area (Å²) in [7, 11) is 0. The monoisotopic (exact) mass is 310 g/mol. The SMILES string of the molecule is Cc1csc(CC(N)Cc2cccc(Br)c2)n1. The van der Waals surface area contributed by atoms with E-state index in [9.17, 15) is 0 Å². The summed E-state index contributed by atoms with van der Waals surface area (Å²) in [5, 5.41) is 3.20. The molecule has 0 aliphatic rings. The molecule has 2 rings (SSSR count). The van der Waals surface area contributed by atoms with Crippen LogP contribution in [0.5, 0.6) is 0 Å². The number of aromatic nitrogens is 1. The number of nitrogens with zero attached hydrogens (tertiary/aromatic N) is 1. The van der Waals surface area contributed by atoms with Gasteiger partial charge in [0.25, 0.3) is 0 Å². The Morgan fingerprint density at radius 1 is 1.41 bits per heavy atom. The molecule has 0 saturated heterocycles. The van der Waals surface area contributed by atoms with Crippen molar-refractivity contribution in [3.8, 4) is 0 Å². The summed E-state index contributed by atoms with van der Waals surface area (Å²) in [5.41, 5.74) is 8.50. The molecule has 17 heavy (non-hydrogen) atoms. The first-order valence-corrected chi connectivity index (χ1v) is 7.22. The van der Waals surface area contributed by atoms with E-state index >= 15 is 0 Å². The molecule has 0 aliphatic carbocycles. The van der Waals surface area contributed by atoms with Gasteiger partial charge in [-0.2, -0.15) is 0 Å². The first-order chi connectivity index (χ1) is 8.13. The third kappa shape index (κ3) is 3.91. The minimum absolute atomic E-state index is 0.134. The van der Waals surface area contributed by atoms with Crippen molar-refractivity contribution in [1.82, 2.24) is 4.98 Å². The van der Waals surface area contributed by atoms with E-state index in [1.54, 1.807) is 11.3 Å². The maximum Gasteiger partial charge on any atom is 0.0943 e. The average molecular weight is 311 g/mol. The van der Waals surface area contributed by atoms with Crippen LogP contribution < -0.4 is 5.73 Å². The van der Waals surface area contributed by atoms with Crippen LogP contribution >= 0.6 is 27.3 Å². The van der Waals surface area contributed by atoms with Gasteiger partial charge in [0.15, 0.2) is 0 Å². The molecule has 0 fully saturated rings. The summed E-state index contributed by atoms with van der Waals surface area (Å²) in [4.78, 5) is 4.44. The van der Waals surface area contributed by atoms with E-state index in [2.05, 4.69) is 38.4 Å². The second-order valence-electron chi connectivity index (χ2n) is 4.18. The van der Waals surface area contributed by atoms with E-state index in [1.165, 1.54) is 5.56 Å². The highest BCUT2D eigenvalue weighted by atomic mass is 79.9. The highest BCUT2D eigenvalue weighted by Crippen LogP contribution is 2.15. The van der Waals surface area contributed by atoms with Crippen molar-refractivity contribution in [3.05, 3.63) is 50.4 Å². The minimum atomic E-state index is 0.134. The van der Waals surface area contributed by atoms with Gasteiger partial charge in [-0.05, 0) is 31.0 Å². The maximum atomic E-state index is 6.15. The molecule has 2 N–H and O–H groups in total. The van der Waals surface area contributed by atoms with Crippen LogP contribution in [0.15, 0.2) is 34.1 Å². The van der Waals surface area contributed by atoms with Gasteiger partial charge >= 0.3 is 0 Å². The number of thiazole rings is 1. The first-order valence-electron chi connectivity index (χ1n) is 5.54. The summed E-state index contributed by atoms with van der Waals surface area (Å²) in [6, 6.07) is 8.43. The Morgan fingerprint density at radius 2 is 2.24 bits per heavy atom. The number of hydrogen-bond acceptors (Lipinski definition) is 3. The number of rotatable bonds is 4. The lowest BCUT2D eigenvalue weighted by atomic mass is 10.0. The van der Waals surface area contributed by atoms with E-state index < -0.39 is 0 Å². The zero-order chi connectivity index (χ0) is 12.3. The van der Waals surface area contributed by atoms with E-state index in [-0.39, 0.29) is 6.04 Å². The second kappa shape index (κ2) is 5.76. The minimum Gasteiger partial charge on any atom is -0.327 e. The molecule has 1 aromatic carbocycles. The van der Waals surface area contributed by atoms with Crippen LogP contribution in [-0.2, 0) is 12.8 Å².